The van der Waals surface area contributed by atoms with E-state index in [1.165, 1.54) is 23.0 Å². The van der Waals surface area contributed by atoms with E-state index >= 15 is 0 Å². The van der Waals surface area contributed by atoms with Gasteiger partial charge in [-0.15, -0.1) is 11.3 Å². The molecule has 0 bridgehead atoms. The summed E-state index contributed by atoms with van der Waals surface area (Å²) in [7, 11) is 1.50. The molecule has 0 saturated carbocycles. The number of rotatable bonds is 5. The Bertz CT molecular complexity index is 1270. The number of aromatic nitrogens is 2. The molecule has 0 aliphatic rings. The van der Waals surface area contributed by atoms with E-state index in [4.69, 9.17) is 0 Å². The van der Waals surface area contributed by atoms with Crippen molar-refractivity contribution in [3.05, 3.63) is 54.7 Å². The van der Waals surface area contributed by atoms with E-state index in [-0.39, 0.29) is 16.5 Å². The van der Waals surface area contributed by atoms with Crippen molar-refractivity contribution in [3.63, 3.8) is 0 Å². The van der Waals surface area contributed by atoms with Crippen molar-refractivity contribution in [2.24, 2.45) is 7.05 Å². The number of amides is 1. The molecule has 0 radical (unpaired) electrons. The average molecular weight is 472 g/mol. The molecule has 0 spiro atoms. The van der Waals surface area contributed by atoms with Gasteiger partial charge in [0.15, 0.2) is 5.16 Å². The number of hydrogen-bond acceptors (Lipinski definition) is 7. The first-order valence-electron chi connectivity index (χ1n) is 8.65. The Morgan fingerprint density at radius 3 is 2.65 bits per heavy atom. The quantitative estimate of drug-likeness (QED) is 0.257. The molecule has 0 fully saturated rings. The van der Waals surface area contributed by atoms with Crippen LogP contribution in [0.5, 0.6) is 0 Å². The molecule has 1 aromatic carbocycles. The van der Waals surface area contributed by atoms with Crippen molar-refractivity contribution < 1.29 is 22.9 Å². The molecular formula is C18H15F3N4O4S2. The number of non-ortho nitro benzene ring substituents is 1. The maximum Gasteiger partial charge on any atom is 0.418 e. The first-order valence-corrected chi connectivity index (χ1v) is 10.5. The Hall–Kier alpha value is -2.93. The van der Waals surface area contributed by atoms with E-state index in [1.54, 1.807) is 0 Å². The molecule has 13 heteroatoms. The maximum absolute atomic E-state index is 13.2. The summed E-state index contributed by atoms with van der Waals surface area (Å²) in [4.78, 5) is 40.5. The van der Waals surface area contributed by atoms with Crippen molar-refractivity contribution in [2.45, 2.75) is 25.2 Å². The number of thiophene rings is 1. The van der Waals surface area contributed by atoms with Crippen LogP contribution in [0.1, 0.15) is 16.0 Å². The first kappa shape index (κ1) is 22.7. The monoisotopic (exact) mass is 472 g/mol. The highest BCUT2D eigenvalue weighted by molar-refractivity contribution is 7.99. The predicted octanol–water partition coefficient (Wildman–Crippen LogP) is 4.27. The van der Waals surface area contributed by atoms with Gasteiger partial charge >= 0.3 is 6.18 Å². The number of nitro benzene ring substituents is 1. The molecule has 0 aliphatic carbocycles. The second-order valence-electron chi connectivity index (χ2n) is 6.54. The van der Waals surface area contributed by atoms with Crippen LogP contribution in [0.2, 0.25) is 0 Å². The highest BCUT2D eigenvalue weighted by Gasteiger charge is 2.35. The Morgan fingerprint density at radius 2 is 2.03 bits per heavy atom. The minimum absolute atomic E-state index is 0.244. The Balaban J connectivity index is 1.82. The summed E-state index contributed by atoms with van der Waals surface area (Å²) in [5.74, 6) is -1.10. The molecule has 164 valence electrons. The molecule has 8 nitrogen and oxygen atoms in total. The largest absolute Gasteiger partial charge is 0.418 e. The fourth-order valence-corrected chi connectivity index (χ4v) is 4.63. The molecule has 31 heavy (non-hydrogen) atoms. The number of halogens is 3. The number of aryl methyl sites for hydroxylation is 2. The molecule has 1 N–H and O–H groups in total. The van der Waals surface area contributed by atoms with E-state index < -0.39 is 33.9 Å². The average Bonchev–Trinajstić information content (AvgIpc) is 2.96. The first-order chi connectivity index (χ1) is 14.4. The van der Waals surface area contributed by atoms with Crippen LogP contribution in [0, 0.1) is 24.0 Å². The van der Waals surface area contributed by atoms with Gasteiger partial charge in [0.1, 0.15) is 4.83 Å². The zero-order valence-corrected chi connectivity index (χ0v) is 18.0. The predicted molar refractivity (Wildman–Crippen MR) is 112 cm³/mol. The third-order valence-electron chi connectivity index (χ3n) is 4.50. The molecule has 0 aliphatic heterocycles. The number of carbonyl (C=O) groups is 1. The number of anilines is 1. The molecule has 0 saturated heterocycles. The Morgan fingerprint density at radius 1 is 1.35 bits per heavy atom. The summed E-state index contributed by atoms with van der Waals surface area (Å²) in [6.45, 7) is 3.68. The fourth-order valence-electron chi connectivity index (χ4n) is 2.79. The number of fused-ring (bicyclic) bond motifs is 1. The van der Waals surface area contributed by atoms with Gasteiger partial charge < -0.3 is 5.32 Å². The molecule has 3 rings (SSSR count). The second-order valence-corrected chi connectivity index (χ2v) is 8.69. The zero-order chi connectivity index (χ0) is 23.1. The summed E-state index contributed by atoms with van der Waals surface area (Å²) in [5, 5.41) is 13.6. The molecular weight excluding hydrogens is 457 g/mol. The summed E-state index contributed by atoms with van der Waals surface area (Å²) in [5.41, 5.74) is -2.10. The standard InChI is InChI=1S/C18H15F3N4O4S2/c1-8-9(2)31-15-14(8)16(27)24(3)17(23-15)30-7-13(26)22-12-5-4-10(25(28)29)6-11(12)18(19,20)21/h4-6H,7H2,1-3H3,(H,22,26). The van der Waals surface area contributed by atoms with E-state index in [9.17, 15) is 32.9 Å². The number of carbonyl (C=O) groups excluding carboxylic acids is 1. The van der Waals surface area contributed by atoms with Gasteiger partial charge in [-0.3, -0.25) is 24.3 Å². The number of nitro groups is 1. The van der Waals surface area contributed by atoms with Crippen molar-refractivity contribution in [1.82, 2.24) is 9.55 Å². The minimum atomic E-state index is -4.90. The number of alkyl halides is 3. The molecule has 0 unspecified atom stereocenters. The highest BCUT2D eigenvalue weighted by atomic mass is 32.2. The molecule has 2 aromatic heterocycles. The van der Waals surface area contributed by atoms with Crippen LogP contribution in [-0.2, 0) is 18.0 Å². The van der Waals surface area contributed by atoms with E-state index in [2.05, 4.69) is 10.3 Å². The zero-order valence-electron chi connectivity index (χ0n) is 16.4. The van der Waals surface area contributed by atoms with Crippen LogP contribution in [0.15, 0.2) is 28.2 Å². The number of benzene rings is 1. The fraction of sp³-hybridized carbons (Fsp3) is 0.278. The van der Waals surface area contributed by atoms with Crippen LogP contribution in [0.4, 0.5) is 24.5 Å². The lowest BCUT2D eigenvalue weighted by Crippen LogP contribution is -2.22. The smallest absolute Gasteiger partial charge is 0.325 e. The van der Waals surface area contributed by atoms with Gasteiger partial charge in [-0.25, -0.2) is 4.98 Å². The van der Waals surface area contributed by atoms with Crippen molar-refractivity contribution in [2.75, 3.05) is 11.1 Å². The lowest BCUT2D eigenvalue weighted by Gasteiger charge is -2.13. The van der Waals surface area contributed by atoms with Crippen LogP contribution < -0.4 is 10.9 Å². The van der Waals surface area contributed by atoms with Crippen molar-refractivity contribution in [3.8, 4) is 0 Å². The SMILES string of the molecule is Cc1sc2nc(SCC(=O)Nc3ccc([N+](=O)[O-])cc3C(F)(F)F)n(C)c(=O)c2c1C. The summed E-state index contributed by atoms with van der Waals surface area (Å²) in [6, 6.07) is 2.07. The lowest BCUT2D eigenvalue weighted by atomic mass is 10.1. The second kappa shape index (κ2) is 8.30. The Labute approximate surface area is 181 Å². The van der Waals surface area contributed by atoms with E-state index in [0.717, 1.165) is 34.3 Å². The molecule has 3 aromatic rings. The molecule has 2 heterocycles. The van der Waals surface area contributed by atoms with Gasteiger partial charge in [-0.2, -0.15) is 13.2 Å². The van der Waals surface area contributed by atoms with E-state index in [1.807, 2.05) is 13.8 Å². The highest BCUT2D eigenvalue weighted by Crippen LogP contribution is 2.37. The Kier molecular flexibility index (Phi) is 6.09. The van der Waals surface area contributed by atoms with Gasteiger partial charge in [0.05, 0.1) is 27.3 Å². The van der Waals surface area contributed by atoms with E-state index in [0.29, 0.717) is 16.3 Å². The van der Waals surface area contributed by atoms with Gasteiger partial charge in [0.2, 0.25) is 5.91 Å². The maximum atomic E-state index is 13.2. The van der Waals surface area contributed by atoms with Gasteiger partial charge in [-0.05, 0) is 25.5 Å². The van der Waals surface area contributed by atoms with Crippen LogP contribution >= 0.6 is 23.1 Å². The van der Waals surface area contributed by atoms with Crippen LogP contribution in [0.3, 0.4) is 0 Å². The van der Waals surface area contributed by atoms with Gasteiger partial charge in [-0.1, -0.05) is 11.8 Å². The van der Waals surface area contributed by atoms with Gasteiger partial charge in [0.25, 0.3) is 11.2 Å². The lowest BCUT2D eigenvalue weighted by molar-refractivity contribution is -0.385. The molecule has 0 atom stereocenters. The summed E-state index contributed by atoms with van der Waals surface area (Å²) < 4.78 is 41.0. The number of hydrogen-bond donors (Lipinski definition) is 1. The van der Waals surface area contributed by atoms with Crippen molar-refractivity contribution in [1.29, 1.82) is 0 Å². The topological polar surface area (TPSA) is 107 Å². The third kappa shape index (κ3) is 4.56. The molecule has 1 amide bonds. The number of nitrogens with zero attached hydrogens (tertiary/aromatic N) is 3. The number of nitrogens with one attached hydrogen (secondary N) is 1. The van der Waals surface area contributed by atoms with Gasteiger partial charge in [0, 0.05) is 24.1 Å². The normalized spacial score (nSPS) is 11.7. The minimum Gasteiger partial charge on any atom is -0.325 e. The summed E-state index contributed by atoms with van der Waals surface area (Å²) >= 11 is 2.24. The number of thioether (sulfide) groups is 1. The van der Waals surface area contributed by atoms with Crippen LogP contribution in [0.25, 0.3) is 10.2 Å². The van der Waals surface area contributed by atoms with Crippen LogP contribution in [-0.4, -0.2) is 26.1 Å². The third-order valence-corrected chi connectivity index (χ3v) is 6.63. The van der Waals surface area contributed by atoms with Crippen molar-refractivity contribution >= 4 is 50.6 Å². The summed E-state index contributed by atoms with van der Waals surface area (Å²) in [6.07, 6.45) is -4.90.